The van der Waals surface area contributed by atoms with Crippen LogP contribution in [0.2, 0.25) is 0 Å². The molecule has 5 heteroatoms. The molecule has 0 atom stereocenters. The van der Waals surface area contributed by atoms with E-state index in [2.05, 4.69) is 22.4 Å². The third kappa shape index (κ3) is 3.68. The summed E-state index contributed by atoms with van der Waals surface area (Å²) in [6.45, 7) is 3.44. The fourth-order valence-corrected chi connectivity index (χ4v) is 3.27. The summed E-state index contributed by atoms with van der Waals surface area (Å²) < 4.78 is 0. The van der Waals surface area contributed by atoms with Gasteiger partial charge in [-0.3, -0.25) is 4.79 Å². The average molecular weight is 301 g/mol. The van der Waals surface area contributed by atoms with Crippen molar-refractivity contribution in [1.29, 1.82) is 0 Å². The molecule has 1 amide bonds. The lowest BCUT2D eigenvalue weighted by molar-refractivity contribution is 0.0761. The molecular weight excluding hydrogens is 282 g/mol. The number of benzene rings is 1. The van der Waals surface area contributed by atoms with Crippen LogP contribution in [-0.2, 0) is 6.42 Å². The molecule has 3 rings (SSSR count). The summed E-state index contributed by atoms with van der Waals surface area (Å²) in [6.07, 6.45) is 1.80. The van der Waals surface area contributed by atoms with Crippen LogP contribution in [0.4, 0.5) is 0 Å². The molecule has 1 aliphatic rings. The predicted octanol–water partition coefficient (Wildman–Crippen LogP) is 2.17. The van der Waals surface area contributed by atoms with Gasteiger partial charge in [0, 0.05) is 31.4 Å². The van der Waals surface area contributed by atoms with Crippen LogP contribution in [0.15, 0.2) is 35.7 Å². The Balaban J connectivity index is 1.67. The molecule has 0 radical (unpaired) electrons. The van der Waals surface area contributed by atoms with Crippen molar-refractivity contribution in [3.63, 3.8) is 0 Å². The Hall–Kier alpha value is -1.72. The van der Waals surface area contributed by atoms with Gasteiger partial charge in [0.25, 0.3) is 5.91 Å². The minimum absolute atomic E-state index is 0.0641. The second-order valence-electron chi connectivity index (χ2n) is 5.18. The van der Waals surface area contributed by atoms with Crippen LogP contribution in [0, 0.1) is 0 Å². The molecule has 21 heavy (non-hydrogen) atoms. The molecule has 2 aromatic rings. The second-order valence-corrected chi connectivity index (χ2v) is 6.13. The summed E-state index contributed by atoms with van der Waals surface area (Å²) in [4.78, 5) is 18.9. The quantitative estimate of drug-likeness (QED) is 0.945. The first-order valence-corrected chi connectivity index (χ1v) is 8.19. The maximum Gasteiger partial charge on any atom is 0.273 e. The normalized spacial score (nSPS) is 15.7. The van der Waals surface area contributed by atoms with Crippen molar-refractivity contribution < 1.29 is 4.79 Å². The molecule has 0 aliphatic carbocycles. The number of amides is 1. The van der Waals surface area contributed by atoms with E-state index in [1.54, 1.807) is 11.3 Å². The van der Waals surface area contributed by atoms with Crippen molar-refractivity contribution in [1.82, 2.24) is 15.2 Å². The fraction of sp³-hybridized carbons (Fsp3) is 0.375. The first kappa shape index (κ1) is 14.2. The number of rotatable bonds is 3. The number of thiazole rings is 1. The molecule has 1 aromatic heterocycles. The summed E-state index contributed by atoms with van der Waals surface area (Å²) in [7, 11) is 0. The van der Waals surface area contributed by atoms with Gasteiger partial charge in [0.15, 0.2) is 0 Å². The van der Waals surface area contributed by atoms with Gasteiger partial charge in [0.1, 0.15) is 5.69 Å². The van der Waals surface area contributed by atoms with Crippen molar-refractivity contribution in [3.8, 4) is 0 Å². The minimum Gasteiger partial charge on any atom is -0.336 e. The molecule has 0 unspecified atom stereocenters. The maximum atomic E-state index is 12.5. The summed E-state index contributed by atoms with van der Waals surface area (Å²) in [5.41, 5.74) is 1.82. The third-order valence-electron chi connectivity index (χ3n) is 3.60. The molecule has 1 saturated heterocycles. The molecule has 0 spiro atoms. The van der Waals surface area contributed by atoms with Gasteiger partial charge in [-0.05, 0) is 18.5 Å². The standard InChI is InChI=1S/C16H19N3OS/c20-16(19-9-4-7-17-8-10-19)14-12-21-15(18-14)11-13-5-2-1-3-6-13/h1-3,5-6,12,17H,4,7-11H2. The van der Waals surface area contributed by atoms with Gasteiger partial charge >= 0.3 is 0 Å². The van der Waals surface area contributed by atoms with Crippen molar-refractivity contribution in [2.24, 2.45) is 0 Å². The lowest BCUT2D eigenvalue weighted by Crippen LogP contribution is -2.34. The molecule has 2 heterocycles. The van der Waals surface area contributed by atoms with E-state index in [0.717, 1.165) is 44.0 Å². The van der Waals surface area contributed by atoms with Crippen LogP contribution in [-0.4, -0.2) is 42.0 Å². The van der Waals surface area contributed by atoms with Gasteiger partial charge in [-0.25, -0.2) is 4.98 Å². The van der Waals surface area contributed by atoms with Crippen molar-refractivity contribution >= 4 is 17.2 Å². The van der Waals surface area contributed by atoms with Crippen molar-refractivity contribution in [3.05, 3.63) is 52.0 Å². The van der Waals surface area contributed by atoms with Gasteiger partial charge in [-0.15, -0.1) is 11.3 Å². The van der Waals surface area contributed by atoms with E-state index in [0.29, 0.717) is 5.69 Å². The first-order chi connectivity index (χ1) is 10.3. The topological polar surface area (TPSA) is 45.2 Å². The van der Waals surface area contributed by atoms with E-state index in [-0.39, 0.29) is 5.91 Å². The Labute approximate surface area is 128 Å². The number of aromatic nitrogens is 1. The molecule has 1 aromatic carbocycles. The lowest BCUT2D eigenvalue weighted by Gasteiger charge is -2.18. The zero-order valence-electron chi connectivity index (χ0n) is 11.9. The van der Waals surface area contributed by atoms with Crippen molar-refractivity contribution in [2.45, 2.75) is 12.8 Å². The van der Waals surface area contributed by atoms with E-state index in [4.69, 9.17) is 0 Å². The number of hydrogen-bond donors (Lipinski definition) is 1. The average Bonchev–Trinajstić information content (AvgIpc) is 2.81. The highest BCUT2D eigenvalue weighted by Crippen LogP contribution is 2.16. The van der Waals surface area contributed by atoms with Gasteiger partial charge in [-0.2, -0.15) is 0 Å². The minimum atomic E-state index is 0.0641. The van der Waals surface area contributed by atoms with E-state index >= 15 is 0 Å². The SMILES string of the molecule is O=C(c1csc(Cc2ccccc2)n1)N1CCCNCC1. The second kappa shape index (κ2) is 6.83. The maximum absolute atomic E-state index is 12.5. The van der Waals surface area contributed by atoms with Crippen LogP contribution in [0.1, 0.15) is 27.5 Å². The van der Waals surface area contributed by atoms with Gasteiger partial charge in [0.05, 0.1) is 5.01 Å². The molecule has 1 aliphatic heterocycles. The van der Waals surface area contributed by atoms with Gasteiger partial charge < -0.3 is 10.2 Å². The van der Waals surface area contributed by atoms with Gasteiger partial charge in [0.2, 0.25) is 0 Å². The molecule has 1 fully saturated rings. The number of hydrogen-bond acceptors (Lipinski definition) is 4. The zero-order valence-corrected chi connectivity index (χ0v) is 12.7. The molecule has 110 valence electrons. The number of carbonyl (C=O) groups excluding carboxylic acids is 1. The van der Waals surface area contributed by atoms with Crippen LogP contribution in [0.25, 0.3) is 0 Å². The fourth-order valence-electron chi connectivity index (χ4n) is 2.47. The highest BCUT2D eigenvalue weighted by atomic mass is 32.1. The van der Waals surface area contributed by atoms with Crippen LogP contribution < -0.4 is 5.32 Å². The molecule has 0 saturated carbocycles. The Kier molecular flexibility index (Phi) is 4.62. The molecule has 0 bridgehead atoms. The van der Waals surface area contributed by atoms with Crippen LogP contribution in [0.5, 0.6) is 0 Å². The number of nitrogens with zero attached hydrogens (tertiary/aromatic N) is 2. The van der Waals surface area contributed by atoms with Crippen LogP contribution in [0.3, 0.4) is 0 Å². The Bertz CT molecular complexity index is 589. The van der Waals surface area contributed by atoms with E-state index in [9.17, 15) is 4.79 Å². The Morgan fingerprint density at radius 1 is 1.24 bits per heavy atom. The van der Waals surface area contributed by atoms with Gasteiger partial charge in [-0.1, -0.05) is 30.3 Å². The highest BCUT2D eigenvalue weighted by molar-refractivity contribution is 7.09. The molecular formula is C16H19N3OS. The van der Waals surface area contributed by atoms with E-state index in [1.807, 2.05) is 28.5 Å². The monoisotopic (exact) mass is 301 g/mol. The van der Waals surface area contributed by atoms with E-state index in [1.165, 1.54) is 5.56 Å². The Morgan fingerprint density at radius 2 is 2.10 bits per heavy atom. The summed E-state index contributed by atoms with van der Waals surface area (Å²) in [6, 6.07) is 10.2. The summed E-state index contributed by atoms with van der Waals surface area (Å²) >= 11 is 1.57. The first-order valence-electron chi connectivity index (χ1n) is 7.31. The zero-order chi connectivity index (χ0) is 14.5. The lowest BCUT2D eigenvalue weighted by atomic mass is 10.2. The number of carbonyl (C=O) groups is 1. The van der Waals surface area contributed by atoms with Crippen molar-refractivity contribution in [2.75, 3.05) is 26.2 Å². The molecule has 1 N–H and O–H groups in total. The smallest absolute Gasteiger partial charge is 0.273 e. The highest BCUT2D eigenvalue weighted by Gasteiger charge is 2.19. The summed E-state index contributed by atoms with van der Waals surface area (Å²) in [5, 5.41) is 6.20. The Morgan fingerprint density at radius 3 is 2.95 bits per heavy atom. The predicted molar refractivity (Wildman–Crippen MR) is 84.8 cm³/mol. The van der Waals surface area contributed by atoms with E-state index < -0.39 is 0 Å². The van der Waals surface area contributed by atoms with Crippen LogP contribution >= 0.6 is 11.3 Å². The third-order valence-corrected chi connectivity index (χ3v) is 4.45. The molecule has 4 nitrogen and oxygen atoms in total. The summed E-state index contributed by atoms with van der Waals surface area (Å²) in [5.74, 6) is 0.0641. The number of nitrogens with one attached hydrogen (secondary N) is 1. The largest absolute Gasteiger partial charge is 0.336 e.